The van der Waals surface area contributed by atoms with Gasteiger partial charge in [-0.2, -0.15) is 0 Å². The van der Waals surface area contributed by atoms with Crippen LogP contribution in [0.1, 0.15) is 5.82 Å². The van der Waals surface area contributed by atoms with Crippen molar-refractivity contribution >= 4 is 17.1 Å². The zero-order valence-corrected chi connectivity index (χ0v) is 13.7. The molecule has 25 heavy (non-hydrogen) atoms. The van der Waals surface area contributed by atoms with Gasteiger partial charge in [0.05, 0.1) is 11.7 Å². The number of nitrogens with zero attached hydrogens (tertiary/aromatic N) is 5. The first-order chi connectivity index (χ1) is 12.3. The Morgan fingerprint density at radius 2 is 1.60 bits per heavy atom. The average Bonchev–Trinajstić information content (AvgIpc) is 2.69. The Hall–Kier alpha value is -3.47. The predicted octanol–water partition coefficient (Wildman–Crippen LogP) is 3.80. The third-order valence-corrected chi connectivity index (χ3v) is 3.98. The Morgan fingerprint density at radius 1 is 0.800 bits per heavy atom. The molecule has 0 saturated carbocycles. The number of aliphatic imine (C=N–C) groups is 1. The summed E-state index contributed by atoms with van der Waals surface area (Å²) in [4.78, 5) is 21.1. The summed E-state index contributed by atoms with van der Waals surface area (Å²) in [7, 11) is 1.70. The number of benzene rings is 1. The van der Waals surface area contributed by atoms with E-state index >= 15 is 0 Å². The molecule has 4 rings (SSSR count). The van der Waals surface area contributed by atoms with Crippen LogP contribution in [0.2, 0.25) is 0 Å². The minimum atomic E-state index is 0.603. The Morgan fingerprint density at radius 3 is 2.36 bits per heavy atom. The molecule has 5 heteroatoms. The Balaban J connectivity index is 1.84. The Labute approximate surface area is 145 Å². The van der Waals surface area contributed by atoms with Crippen LogP contribution >= 0.6 is 0 Å². The molecule has 1 aromatic carbocycles. The lowest BCUT2D eigenvalue weighted by molar-refractivity contribution is 1.14. The van der Waals surface area contributed by atoms with Gasteiger partial charge >= 0.3 is 0 Å². The van der Waals surface area contributed by atoms with Gasteiger partial charge in [0, 0.05) is 49.0 Å². The average molecular weight is 325 g/mol. The van der Waals surface area contributed by atoms with Gasteiger partial charge in [-0.1, -0.05) is 6.07 Å². The van der Waals surface area contributed by atoms with E-state index in [0.717, 1.165) is 33.2 Å². The highest BCUT2D eigenvalue weighted by atomic mass is 14.9. The number of hydrogen-bond donors (Lipinski definition) is 0. The lowest BCUT2D eigenvalue weighted by Gasteiger charge is -2.08. The van der Waals surface area contributed by atoms with Crippen LogP contribution in [0.5, 0.6) is 0 Å². The van der Waals surface area contributed by atoms with Crippen molar-refractivity contribution in [1.82, 2.24) is 19.9 Å². The molecule has 5 nitrogen and oxygen atoms in total. The third-order valence-electron chi connectivity index (χ3n) is 3.98. The first-order valence-electron chi connectivity index (χ1n) is 7.89. The molecule has 4 aromatic rings. The van der Waals surface area contributed by atoms with Crippen LogP contribution in [0.15, 0.2) is 72.4 Å². The van der Waals surface area contributed by atoms with Crippen molar-refractivity contribution in [2.24, 2.45) is 4.99 Å². The van der Waals surface area contributed by atoms with E-state index in [1.165, 1.54) is 0 Å². The lowest BCUT2D eigenvalue weighted by Crippen LogP contribution is -1.93. The summed E-state index contributed by atoms with van der Waals surface area (Å²) in [5.41, 5.74) is 5.21. The summed E-state index contributed by atoms with van der Waals surface area (Å²) in [6.45, 7) is 0. The van der Waals surface area contributed by atoms with Gasteiger partial charge in [-0.15, -0.1) is 0 Å². The quantitative estimate of drug-likeness (QED) is 0.537. The number of pyridine rings is 2. The monoisotopic (exact) mass is 325 g/mol. The van der Waals surface area contributed by atoms with Crippen LogP contribution in [0.25, 0.3) is 33.2 Å². The van der Waals surface area contributed by atoms with Crippen molar-refractivity contribution in [1.29, 1.82) is 0 Å². The van der Waals surface area contributed by atoms with Crippen molar-refractivity contribution < 1.29 is 0 Å². The molecular weight excluding hydrogens is 310 g/mol. The fraction of sp³-hybridized carbons (Fsp3) is 0.0500. The molecule has 0 amide bonds. The Kier molecular flexibility index (Phi) is 3.96. The maximum absolute atomic E-state index is 4.48. The molecule has 0 aliphatic heterocycles. The highest BCUT2D eigenvalue weighted by Crippen LogP contribution is 2.30. The largest absolute Gasteiger partial charge is 0.293 e. The van der Waals surface area contributed by atoms with Gasteiger partial charge in [0.15, 0.2) is 5.82 Å². The van der Waals surface area contributed by atoms with E-state index in [0.29, 0.717) is 5.82 Å². The number of fused-ring (bicyclic) bond motifs is 1. The molecule has 0 saturated heterocycles. The van der Waals surface area contributed by atoms with Crippen LogP contribution in [0.4, 0.5) is 0 Å². The summed E-state index contributed by atoms with van der Waals surface area (Å²) in [6.07, 6.45) is 10.7. The minimum absolute atomic E-state index is 0.603. The van der Waals surface area contributed by atoms with Crippen LogP contribution in [-0.4, -0.2) is 33.2 Å². The van der Waals surface area contributed by atoms with E-state index in [2.05, 4.69) is 31.0 Å². The van der Waals surface area contributed by atoms with Crippen LogP contribution in [0.3, 0.4) is 0 Å². The summed E-state index contributed by atoms with van der Waals surface area (Å²) in [6, 6.07) is 12.2. The van der Waals surface area contributed by atoms with E-state index in [4.69, 9.17) is 0 Å². The van der Waals surface area contributed by atoms with Gasteiger partial charge < -0.3 is 0 Å². The SMILES string of the molecule is CN=Cc1ncc(-c2ccc3nccc(-c4ccncc4)c3c2)cn1. The first kappa shape index (κ1) is 15.1. The molecule has 3 heterocycles. The molecule has 0 unspecified atom stereocenters. The van der Waals surface area contributed by atoms with Gasteiger partial charge in [0.2, 0.25) is 0 Å². The van der Waals surface area contributed by atoms with E-state index in [9.17, 15) is 0 Å². The maximum Gasteiger partial charge on any atom is 0.170 e. The van der Waals surface area contributed by atoms with Gasteiger partial charge in [0.1, 0.15) is 0 Å². The van der Waals surface area contributed by atoms with Crippen LogP contribution in [-0.2, 0) is 0 Å². The standard InChI is InChI=1S/C20H15N5/c1-21-13-20-24-11-16(12-25-20)15-2-3-19-18(10-15)17(6-9-23-19)14-4-7-22-8-5-14/h2-13H,1H3. The fourth-order valence-corrected chi connectivity index (χ4v) is 2.78. The normalized spacial score (nSPS) is 11.2. The molecule has 3 aromatic heterocycles. The third kappa shape index (κ3) is 2.99. The molecule has 0 aliphatic carbocycles. The zero-order chi connectivity index (χ0) is 17.1. The second kappa shape index (κ2) is 6.57. The van der Waals surface area contributed by atoms with Crippen LogP contribution < -0.4 is 0 Å². The fourth-order valence-electron chi connectivity index (χ4n) is 2.78. The maximum atomic E-state index is 4.48. The topological polar surface area (TPSA) is 63.9 Å². The van der Waals surface area contributed by atoms with Crippen molar-refractivity contribution in [3.63, 3.8) is 0 Å². The van der Waals surface area contributed by atoms with E-state index < -0.39 is 0 Å². The molecular formula is C20H15N5. The number of hydrogen-bond acceptors (Lipinski definition) is 5. The van der Waals surface area contributed by atoms with Gasteiger partial charge in [-0.05, 0) is 47.0 Å². The summed E-state index contributed by atoms with van der Waals surface area (Å²) >= 11 is 0. The molecule has 0 fully saturated rings. The summed E-state index contributed by atoms with van der Waals surface area (Å²) < 4.78 is 0. The first-order valence-corrected chi connectivity index (χ1v) is 7.89. The Bertz CT molecular complexity index is 1040. The smallest absolute Gasteiger partial charge is 0.170 e. The highest BCUT2D eigenvalue weighted by molar-refractivity contribution is 5.96. The minimum Gasteiger partial charge on any atom is -0.293 e. The molecule has 0 aliphatic rings. The van der Waals surface area contributed by atoms with Crippen molar-refractivity contribution in [2.45, 2.75) is 0 Å². The predicted molar refractivity (Wildman–Crippen MR) is 99.5 cm³/mol. The molecule has 0 N–H and O–H groups in total. The summed E-state index contributed by atoms with van der Waals surface area (Å²) in [5, 5.41) is 1.09. The van der Waals surface area contributed by atoms with Gasteiger partial charge in [-0.25, -0.2) is 9.97 Å². The lowest BCUT2D eigenvalue weighted by atomic mass is 9.99. The van der Waals surface area contributed by atoms with Gasteiger partial charge in [-0.3, -0.25) is 15.0 Å². The molecule has 0 spiro atoms. The van der Waals surface area contributed by atoms with Gasteiger partial charge in [0.25, 0.3) is 0 Å². The van der Waals surface area contributed by atoms with Crippen molar-refractivity contribution in [3.05, 3.63) is 73.2 Å². The number of rotatable bonds is 3. The second-order valence-corrected chi connectivity index (χ2v) is 5.54. The molecule has 0 radical (unpaired) electrons. The molecule has 0 atom stereocenters. The van der Waals surface area contributed by atoms with E-state index in [1.54, 1.807) is 25.7 Å². The van der Waals surface area contributed by atoms with Crippen LogP contribution in [0, 0.1) is 0 Å². The second-order valence-electron chi connectivity index (χ2n) is 5.54. The molecule has 0 bridgehead atoms. The van der Waals surface area contributed by atoms with Crippen molar-refractivity contribution in [2.75, 3.05) is 7.05 Å². The van der Waals surface area contributed by atoms with Crippen molar-refractivity contribution in [3.8, 4) is 22.3 Å². The molecule has 120 valence electrons. The van der Waals surface area contributed by atoms with E-state index in [1.807, 2.05) is 48.9 Å². The highest BCUT2D eigenvalue weighted by Gasteiger charge is 2.07. The van der Waals surface area contributed by atoms with E-state index in [-0.39, 0.29) is 0 Å². The summed E-state index contributed by atoms with van der Waals surface area (Å²) in [5.74, 6) is 0.603. The zero-order valence-electron chi connectivity index (χ0n) is 13.7. The number of aromatic nitrogens is 4.